The third kappa shape index (κ3) is 3.73. The number of benzene rings is 2. The van der Waals surface area contributed by atoms with Crippen molar-refractivity contribution in [3.05, 3.63) is 54.1 Å². The van der Waals surface area contributed by atoms with Gasteiger partial charge in [0.25, 0.3) is 0 Å². The smallest absolute Gasteiger partial charge is 0.327 e. The van der Waals surface area contributed by atoms with E-state index >= 15 is 0 Å². The van der Waals surface area contributed by atoms with Gasteiger partial charge in [-0.15, -0.1) is 0 Å². The molecule has 2 N–H and O–H groups in total. The Morgan fingerprint density at radius 1 is 1.00 bits per heavy atom. The summed E-state index contributed by atoms with van der Waals surface area (Å²) in [5, 5.41) is 0. The topological polar surface area (TPSA) is 70.8 Å². The van der Waals surface area contributed by atoms with Crippen LogP contribution in [-0.4, -0.2) is 20.2 Å². The Morgan fingerprint density at radius 2 is 1.67 bits per heavy atom. The van der Waals surface area contributed by atoms with Crippen molar-refractivity contribution in [3.63, 3.8) is 0 Å². The van der Waals surface area contributed by atoms with Crippen LogP contribution >= 0.6 is 0 Å². The van der Waals surface area contributed by atoms with Gasteiger partial charge in [0.2, 0.25) is 0 Å². The number of carbonyl (C=O) groups is 1. The standard InChI is InChI=1S/C16H17NO4/c1-19-12-6-8-13(9-7-12)21-14-5-3-4-11(10-14)15(17)16(18)20-2/h3-10,15H,17H2,1-2H3. The quantitative estimate of drug-likeness (QED) is 0.856. The highest BCUT2D eigenvalue weighted by molar-refractivity contribution is 5.77. The Hall–Kier alpha value is -2.53. The molecule has 2 aromatic carbocycles. The molecule has 2 aromatic rings. The van der Waals surface area contributed by atoms with Crippen LogP contribution in [0.2, 0.25) is 0 Å². The number of hydrogen-bond acceptors (Lipinski definition) is 5. The predicted octanol–water partition coefficient (Wildman–Crippen LogP) is 2.66. The molecule has 0 aliphatic carbocycles. The zero-order chi connectivity index (χ0) is 15.2. The van der Waals surface area contributed by atoms with E-state index in [1.54, 1.807) is 55.6 Å². The first-order valence-corrected chi connectivity index (χ1v) is 6.39. The van der Waals surface area contributed by atoms with E-state index in [4.69, 9.17) is 15.2 Å². The highest BCUT2D eigenvalue weighted by atomic mass is 16.5. The van der Waals surface area contributed by atoms with Crippen LogP contribution in [0.5, 0.6) is 17.2 Å². The van der Waals surface area contributed by atoms with Crippen molar-refractivity contribution in [1.82, 2.24) is 0 Å². The molecule has 5 nitrogen and oxygen atoms in total. The second kappa shape index (κ2) is 6.76. The van der Waals surface area contributed by atoms with Gasteiger partial charge in [0.15, 0.2) is 0 Å². The lowest BCUT2D eigenvalue weighted by Gasteiger charge is -2.12. The summed E-state index contributed by atoms with van der Waals surface area (Å²) in [4.78, 5) is 11.5. The van der Waals surface area contributed by atoms with Gasteiger partial charge >= 0.3 is 5.97 Å². The van der Waals surface area contributed by atoms with Crippen LogP contribution < -0.4 is 15.2 Å². The van der Waals surface area contributed by atoms with Crippen LogP contribution in [0.3, 0.4) is 0 Å². The normalized spacial score (nSPS) is 11.6. The maximum atomic E-state index is 11.5. The van der Waals surface area contributed by atoms with Crippen LogP contribution in [-0.2, 0) is 9.53 Å². The summed E-state index contributed by atoms with van der Waals surface area (Å²) < 4.78 is 15.4. The molecule has 0 saturated carbocycles. The number of ether oxygens (including phenoxy) is 3. The number of hydrogen-bond donors (Lipinski definition) is 1. The summed E-state index contributed by atoms with van der Waals surface area (Å²) in [5.41, 5.74) is 6.43. The first-order chi connectivity index (χ1) is 10.1. The van der Waals surface area contributed by atoms with Crippen molar-refractivity contribution >= 4 is 5.97 Å². The molecule has 1 atom stereocenters. The number of carbonyl (C=O) groups excluding carboxylic acids is 1. The maximum absolute atomic E-state index is 11.5. The van der Waals surface area contributed by atoms with Crippen LogP contribution in [0.4, 0.5) is 0 Å². The summed E-state index contributed by atoms with van der Waals surface area (Å²) in [6.45, 7) is 0. The van der Waals surface area contributed by atoms with E-state index in [0.717, 1.165) is 5.75 Å². The van der Waals surface area contributed by atoms with Gasteiger partial charge in [0.1, 0.15) is 23.3 Å². The summed E-state index contributed by atoms with van der Waals surface area (Å²) in [7, 11) is 2.91. The van der Waals surface area contributed by atoms with E-state index in [9.17, 15) is 4.79 Å². The number of rotatable bonds is 5. The van der Waals surface area contributed by atoms with Gasteiger partial charge in [-0.2, -0.15) is 0 Å². The van der Waals surface area contributed by atoms with E-state index in [2.05, 4.69) is 4.74 Å². The second-order valence-electron chi connectivity index (χ2n) is 4.35. The summed E-state index contributed by atoms with van der Waals surface area (Å²) in [6, 6.07) is 13.4. The van der Waals surface area contributed by atoms with Crippen molar-refractivity contribution < 1.29 is 19.0 Å². The molecular weight excluding hydrogens is 270 g/mol. The van der Waals surface area contributed by atoms with Crippen molar-refractivity contribution in [3.8, 4) is 17.2 Å². The van der Waals surface area contributed by atoms with Gasteiger partial charge in [-0.05, 0) is 42.0 Å². The van der Waals surface area contributed by atoms with Gasteiger partial charge < -0.3 is 19.9 Å². The lowest BCUT2D eigenvalue weighted by Crippen LogP contribution is -2.22. The minimum atomic E-state index is -0.825. The molecular formula is C16H17NO4. The largest absolute Gasteiger partial charge is 0.497 e. The molecule has 21 heavy (non-hydrogen) atoms. The molecule has 0 spiro atoms. The Morgan fingerprint density at radius 3 is 2.29 bits per heavy atom. The Kier molecular flexibility index (Phi) is 4.79. The van der Waals surface area contributed by atoms with Crippen LogP contribution in [0.15, 0.2) is 48.5 Å². The van der Waals surface area contributed by atoms with E-state index in [0.29, 0.717) is 17.1 Å². The van der Waals surface area contributed by atoms with Crippen molar-refractivity contribution in [1.29, 1.82) is 0 Å². The van der Waals surface area contributed by atoms with Gasteiger partial charge in [0.05, 0.1) is 14.2 Å². The molecule has 1 unspecified atom stereocenters. The summed E-state index contributed by atoms with van der Waals surface area (Å²) in [5.74, 6) is 1.53. The van der Waals surface area contributed by atoms with E-state index in [1.807, 2.05) is 0 Å². The minimum absolute atomic E-state index is 0.489. The van der Waals surface area contributed by atoms with Crippen molar-refractivity contribution in [2.24, 2.45) is 5.73 Å². The Labute approximate surface area is 123 Å². The Balaban J connectivity index is 2.15. The zero-order valence-corrected chi connectivity index (χ0v) is 11.9. The highest BCUT2D eigenvalue weighted by Gasteiger charge is 2.16. The molecule has 0 fully saturated rings. The third-order valence-electron chi connectivity index (χ3n) is 2.97. The fourth-order valence-electron chi connectivity index (χ4n) is 1.81. The maximum Gasteiger partial charge on any atom is 0.327 e. The molecule has 0 aliphatic rings. The first-order valence-electron chi connectivity index (χ1n) is 6.39. The van der Waals surface area contributed by atoms with Crippen LogP contribution in [0.25, 0.3) is 0 Å². The summed E-state index contributed by atoms with van der Waals surface area (Å²) >= 11 is 0. The average molecular weight is 287 g/mol. The lowest BCUT2D eigenvalue weighted by atomic mass is 10.1. The second-order valence-corrected chi connectivity index (χ2v) is 4.35. The third-order valence-corrected chi connectivity index (χ3v) is 2.97. The van der Waals surface area contributed by atoms with Crippen LogP contribution in [0, 0.1) is 0 Å². The minimum Gasteiger partial charge on any atom is -0.497 e. The van der Waals surface area contributed by atoms with Gasteiger partial charge in [-0.1, -0.05) is 12.1 Å². The molecule has 0 radical (unpaired) electrons. The average Bonchev–Trinajstić information content (AvgIpc) is 2.54. The molecule has 0 amide bonds. The summed E-state index contributed by atoms with van der Waals surface area (Å²) in [6.07, 6.45) is 0. The zero-order valence-electron chi connectivity index (χ0n) is 11.9. The van der Waals surface area contributed by atoms with Gasteiger partial charge in [-0.25, -0.2) is 0 Å². The highest BCUT2D eigenvalue weighted by Crippen LogP contribution is 2.26. The molecule has 0 aliphatic heterocycles. The van der Waals surface area contributed by atoms with E-state index in [-0.39, 0.29) is 0 Å². The monoisotopic (exact) mass is 287 g/mol. The molecule has 110 valence electrons. The van der Waals surface area contributed by atoms with Gasteiger partial charge in [-0.3, -0.25) is 4.79 Å². The molecule has 0 heterocycles. The fourth-order valence-corrected chi connectivity index (χ4v) is 1.81. The van der Waals surface area contributed by atoms with Crippen LogP contribution in [0.1, 0.15) is 11.6 Å². The molecule has 0 aromatic heterocycles. The number of nitrogens with two attached hydrogens (primary N) is 1. The molecule has 0 saturated heterocycles. The number of methoxy groups -OCH3 is 2. The van der Waals surface area contributed by atoms with E-state index < -0.39 is 12.0 Å². The number of esters is 1. The Bertz CT molecular complexity index is 610. The molecule has 0 bridgehead atoms. The molecule has 5 heteroatoms. The van der Waals surface area contributed by atoms with E-state index in [1.165, 1.54) is 7.11 Å². The lowest BCUT2D eigenvalue weighted by molar-refractivity contribution is -0.142. The van der Waals surface area contributed by atoms with Crippen molar-refractivity contribution in [2.45, 2.75) is 6.04 Å². The van der Waals surface area contributed by atoms with Crippen molar-refractivity contribution in [2.75, 3.05) is 14.2 Å². The predicted molar refractivity (Wildman–Crippen MR) is 78.5 cm³/mol. The van der Waals surface area contributed by atoms with Gasteiger partial charge in [0, 0.05) is 0 Å². The SMILES string of the molecule is COC(=O)C(N)c1cccc(Oc2ccc(OC)cc2)c1. The first kappa shape index (κ1) is 14.9. The fraction of sp³-hybridized carbons (Fsp3) is 0.188. The molecule has 2 rings (SSSR count).